The monoisotopic (exact) mass is 311 g/mol. The molecule has 0 aromatic carbocycles. The van der Waals surface area contributed by atoms with E-state index in [2.05, 4.69) is 27.4 Å². The van der Waals surface area contributed by atoms with E-state index in [-0.39, 0.29) is 11.9 Å². The molecule has 118 valence electrons. The third-order valence-corrected chi connectivity index (χ3v) is 4.68. The predicted octanol–water partition coefficient (Wildman–Crippen LogP) is 1.76. The Kier molecular flexibility index (Phi) is 5.41. The summed E-state index contributed by atoms with van der Waals surface area (Å²) in [5.74, 6) is 0.184. The number of nitrogens with two attached hydrogens (primary N) is 1. The summed E-state index contributed by atoms with van der Waals surface area (Å²) >= 11 is 1.31. The van der Waals surface area contributed by atoms with E-state index in [9.17, 15) is 4.79 Å². The number of hydrogen-bond acceptors (Lipinski definition) is 6. The van der Waals surface area contributed by atoms with Crippen LogP contribution in [0.5, 0.6) is 0 Å². The van der Waals surface area contributed by atoms with E-state index in [1.807, 2.05) is 13.8 Å². The summed E-state index contributed by atoms with van der Waals surface area (Å²) in [5, 5.41) is 6.87. The summed E-state index contributed by atoms with van der Waals surface area (Å²) in [6.07, 6.45) is 2.35. The number of likely N-dealkylation sites (N-methyl/N-ethyl adjacent to an activating group) is 1. The maximum absolute atomic E-state index is 12.2. The quantitative estimate of drug-likeness (QED) is 0.745. The highest BCUT2D eigenvalue weighted by atomic mass is 32.1. The molecule has 1 fully saturated rings. The predicted molar refractivity (Wildman–Crippen MR) is 87.9 cm³/mol. The molecular weight excluding hydrogens is 286 g/mol. The summed E-state index contributed by atoms with van der Waals surface area (Å²) in [4.78, 5) is 19.4. The lowest BCUT2D eigenvalue weighted by Gasteiger charge is -2.22. The van der Waals surface area contributed by atoms with Gasteiger partial charge in [-0.1, -0.05) is 18.3 Å². The Balaban J connectivity index is 1.92. The summed E-state index contributed by atoms with van der Waals surface area (Å²) < 4.78 is 0. The zero-order chi connectivity index (χ0) is 15.4. The van der Waals surface area contributed by atoms with Gasteiger partial charge in [0.25, 0.3) is 5.91 Å². The lowest BCUT2D eigenvalue weighted by molar-refractivity contribution is 0.0946. The average Bonchev–Trinajstić information content (AvgIpc) is 3.01. The number of nitrogen functional groups attached to an aromatic ring is 1. The highest BCUT2D eigenvalue weighted by molar-refractivity contribution is 7.18. The van der Waals surface area contributed by atoms with Crippen LogP contribution in [0.15, 0.2) is 0 Å². The third-order valence-electron chi connectivity index (χ3n) is 3.68. The lowest BCUT2D eigenvalue weighted by Crippen LogP contribution is -2.39. The van der Waals surface area contributed by atoms with Crippen LogP contribution in [0.3, 0.4) is 0 Å². The number of hydrogen-bond donors (Lipinski definition) is 3. The Morgan fingerprint density at radius 1 is 1.57 bits per heavy atom. The van der Waals surface area contributed by atoms with Gasteiger partial charge in [-0.3, -0.25) is 9.69 Å². The average molecular weight is 311 g/mol. The van der Waals surface area contributed by atoms with Crippen molar-refractivity contribution in [3.8, 4) is 0 Å². The van der Waals surface area contributed by atoms with Crippen molar-refractivity contribution in [3.63, 3.8) is 0 Å². The number of carbonyl (C=O) groups is 1. The summed E-state index contributed by atoms with van der Waals surface area (Å²) in [5.41, 5.74) is 5.84. The molecule has 7 heteroatoms. The van der Waals surface area contributed by atoms with Gasteiger partial charge in [-0.2, -0.15) is 0 Å². The van der Waals surface area contributed by atoms with Gasteiger partial charge in [0.1, 0.15) is 10.7 Å². The lowest BCUT2D eigenvalue weighted by atomic mass is 10.2. The summed E-state index contributed by atoms with van der Waals surface area (Å²) in [6.45, 7) is 9.05. The number of rotatable bonds is 6. The minimum Gasteiger partial charge on any atom is -0.382 e. The molecule has 0 aliphatic carbocycles. The van der Waals surface area contributed by atoms with Crippen LogP contribution in [0.25, 0.3) is 0 Å². The van der Waals surface area contributed by atoms with Gasteiger partial charge in [0.15, 0.2) is 5.13 Å². The SMILES string of the molecule is CCN1CCCC1CNC(=O)c1sc(NC(C)C)nc1N. The minimum absolute atomic E-state index is 0.121. The van der Waals surface area contributed by atoms with E-state index in [0.29, 0.717) is 28.4 Å². The van der Waals surface area contributed by atoms with E-state index in [0.717, 1.165) is 19.5 Å². The van der Waals surface area contributed by atoms with E-state index in [1.165, 1.54) is 17.8 Å². The van der Waals surface area contributed by atoms with Crippen LogP contribution in [-0.2, 0) is 0 Å². The number of aromatic nitrogens is 1. The number of nitrogens with one attached hydrogen (secondary N) is 2. The highest BCUT2D eigenvalue weighted by Gasteiger charge is 2.24. The Morgan fingerprint density at radius 3 is 3.00 bits per heavy atom. The van der Waals surface area contributed by atoms with Crippen molar-refractivity contribution < 1.29 is 4.79 Å². The van der Waals surface area contributed by atoms with Crippen molar-refractivity contribution in [1.29, 1.82) is 0 Å². The van der Waals surface area contributed by atoms with Crippen molar-refractivity contribution in [2.24, 2.45) is 0 Å². The van der Waals surface area contributed by atoms with Gasteiger partial charge in [0.05, 0.1) is 0 Å². The molecule has 0 bridgehead atoms. The van der Waals surface area contributed by atoms with Gasteiger partial charge in [-0.25, -0.2) is 4.98 Å². The Hall–Kier alpha value is -1.34. The van der Waals surface area contributed by atoms with Crippen LogP contribution in [0.1, 0.15) is 43.3 Å². The van der Waals surface area contributed by atoms with E-state index in [1.54, 1.807) is 0 Å². The molecule has 1 aromatic heterocycles. The van der Waals surface area contributed by atoms with Crippen LogP contribution in [0, 0.1) is 0 Å². The largest absolute Gasteiger partial charge is 0.382 e. The second-order valence-electron chi connectivity index (χ2n) is 5.67. The Morgan fingerprint density at radius 2 is 2.33 bits per heavy atom. The zero-order valence-electron chi connectivity index (χ0n) is 13.0. The number of anilines is 2. The highest BCUT2D eigenvalue weighted by Crippen LogP contribution is 2.25. The van der Waals surface area contributed by atoms with Gasteiger partial charge in [0.2, 0.25) is 0 Å². The standard InChI is InChI=1S/C14H25N5OS/c1-4-19-7-5-6-10(19)8-16-13(20)11-12(15)18-14(21-11)17-9(2)3/h9-10H,4-8,15H2,1-3H3,(H,16,20)(H,17,18). The summed E-state index contributed by atoms with van der Waals surface area (Å²) in [6, 6.07) is 0.712. The number of thiazole rings is 1. The van der Waals surface area contributed by atoms with Crippen molar-refractivity contribution >= 4 is 28.2 Å². The molecule has 21 heavy (non-hydrogen) atoms. The Bertz CT molecular complexity index is 488. The van der Waals surface area contributed by atoms with Crippen LogP contribution in [0.2, 0.25) is 0 Å². The molecule has 1 aliphatic heterocycles. The number of amides is 1. The number of likely N-dealkylation sites (tertiary alicyclic amines) is 1. The molecule has 2 heterocycles. The normalized spacial score (nSPS) is 19.1. The topological polar surface area (TPSA) is 83.3 Å². The van der Waals surface area contributed by atoms with Crippen molar-refractivity contribution in [3.05, 3.63) is 4.88 Å². The molecule has 4 N–H and O–H groups in total. The van der Waals surface area contributed by atoms with Gasteiger partial charge in [-0.15, -0.1) is 0 Å². The second-order valence-corrected chi connectivity index (χ2v) is 6.67. The molecule has 1 saturated heterocycles. The molecule has 1 aromatic rings. The van der Waals surface area contributed by atoms with Gasteiger partial charge in [-0.05, 0) is 39.8 Å². The molecule has 0 spiro atoms. The van der Waals surface area contributed by atoms with Crippen LogP contribution in [0.4, 0.5) is 10.9 Å². The van der Waals surface area contributed by atoms with E-state index >= 15 is 0 Å². The molecule has 1 unspecified atom stereocenters. The molecule has 0 radical (unpaired) electrons. The Labute approximate surface area is 130 Å². The molecule has 6 nitrogen and oxygen atoms in total. The first-order chi connectivity index (χ1) is 10.0. The fraction of sp³-hybridized carbons (Fsp3) is 0.714. The maximum Gasteiger partial charge on any atom is 0.265 e. The van der Waals surface area contributed by atoms with Crippen LogP contribution >= 0.6 is 11.3 Å². The first-order valence-corrected chi connectivity index (χ1v) is 8.38. The van der Waals surface area contributed by atoms with Crippen LogP contribution in [-0.4, -0.2) is 47.5 Å². The number of nitrogens with zero attached hydrogens (tertiary/aromatic N) is 2. The third kappa shape index (κ3) is 4.07. The number of carbonyl (C=O) groups excluding carboxylic acids is 1. The van der Waals surface area contributed by atoms with Gasteiger partial charge >= 0.3 is 0 Å². The van der Waals surface area contributed by atoms with Crippen molar-refractivity contribution in [2.75, 3.05) is 30.7 Å². The molecule has 1 atom stereocenters. The van der Waals surface area contributed by atoms with Crippen molar-refractivity contribution in [1.82, 2.24) is 15.2 Å². The zero-order valence-corrected chi connectivity index (χ0v) is 13.8. The molecule has 2 rings (SSSR count). The first kappa shape index (κ1) is 16.0. The van der Waals surface area contributed by atoms with Gasteiger partial charge in [0, 0.05) is 18.6 Å². The molecule has 1 amide bonds. The maximum atomic E-state index is 12.2. The molecular formula is C14H25N5OS. The van der Waals surface area contributed by atoms with Crippen LogP contribution < -0.4 is 16.4 Å². The second kappa shape index (κ2) is 7.09. The molecule has 0 saturated carbocycles. The molecule has 1 aliphatic rings. The fourth-order valence-electron chi connectivity index (χ4n) is 2.64. The van der Waals surface area contributed by atoms with Gasteiger partial charge < -0.3 is 16.4 Å². The van der Waals surface area contributed by atoms with E-state index in [4.69, 9.17) is 5.73 Å². The smallest absolute Gasteiger partial charge is 0.265 e. The first-order valence-electron chi connectivity index (χ1n) is 7.56. The minimum atomic E-state index is -0.121. The fourth-order valence-corrected chi connectivity index (χ4v) is 3.58. The van der Waals surface area contributed by atoms with E-state index < -0.39 is 0 Å². The summed E-state index contributed by atoms with van der Waals surface area (Å²) in [7, 11) is 0. The van der Waals surface area contributed by atoms with Crippen molar-refractivity contribution in [2.45, 2.75) is 45.7 Å².